The van der Waals surface area contributed by atoms with Gasteiger partial charge in [-0.15, -0.1) is 0 Å². The van der Waals surface area contributed by atoms with Crippen LogP contribution in [-0.2, 0) is 0 Å². The summed E-state index contributed by atoms with van der Waals surface area (Å²) >= 11 is 0. The van der Waals surface area contributed by atoms with Crippen molar-refractivity contribution in [3.63, 3.8) is 0 Å². The van der Waals surface area contributed by atoms with Gasteiger partial charge < -0.3 is 10.6 Å². The maximum atomic E-state index is 5.75. The van der Waals surface area contributed by atoms with Crippen LogP contribution in [0.1, 0.15) is 27.2 Å². The van der Waals surface area contributed by atoms with Crippen LogP contribution in [0.3, 0.4) is 0 Å². The molecule has 2 nitrogen and oxygen atoms in total. The van der Waals surface area contributed by atoms with Crippen LogP contribution in [0.15, 0.2) is 0 Å². The average Bonchev–Trinajstić information content (AvgIpc) is 2.34. The van der Waals surface area contributed by atoms with Crippen LogP contribution in [0, 0.1) is 11.8 Å². The zero-order chi connectivity index (χ0) is 9.14. The Hall–Kier alpha value is -0.0800. The Morgan fingerprint density at radius 1 is 1.42 bits per heavy atom. The van der Waals surface area contributed by atoms with Gasteiger partial charge in [0, 0.05) is 19.1 Å². The molecule has 1 aliphatic rings. The van der Waals surface area contributed by atoms with Gasteiger partial charge in [-0.25, -0.2) is 0 Å². The topological polar surface area (TPSA) is 29.3 Å². The number of rotatable bonds is 3. The summed E-state index contributed by atoms with van der Waals surface area (Å²) in [7, 11) is 0. The van der Waals surface area contributed by atoms with E-state index in [0.29, 0.717) is 6.04 Å². The third kappa shape index (κ3) is 2.76. The quantitative estimate of drug-likeness (QED) is 0.692. The van der Waals surface area contributed by atoms with E-state index in [1.807, 2.05) is 0 Å². The van der Waals surface area contributed by atoms with E-state index in [0.717, 1.165) is 18.4 Å². The third-order valence-corrected chi connectivity index (χ3v) is 2.80. The number of hydrogen-bond donors (Lipinski definition) is 1. The summed E-state index contributed by atoms with van der Waals surface area (Å²) < 4.78 is 0. The van der Waals surface area contributed by atoms with Gasteiger partial charge in [-0.2, -0.15) is 0 Å². The van der Waals surface area contributed by atoms with Crippen molar-refractivity contribution >= 4 is 0 Å². The molecule has 0 aliphatic carbocycles. The van der Waals surface area contributed by atoms with Crippen molar-refractivity contribution in [2.75, 3.05) is 19.6 Å². The van der Waals surface area contributed by atoms with E-state index < -0.39 is 0 Å². The fourth-order valence-electron chi connectivity index (χ4n) is 1.98. The molecular formula is C10H22N2. The Morgan fingerprint density at radius 3 is 2.50 bits per heavy atom. The molecule has 0 radical (unpaired) electrons. The lowest BCUT2D eigenvalue weighted by molar-refractivity contribution is 0.291. The van der Waals surface area contributed by atoms with Crippen LogP contribution in [0.5, 0.6) is 0 Å². The Kier molecular flexibility index (Phi) is 3.53. The lowest BCUT2D eigenvalue weighted by Gasteiger charge is -2.19. The van der Waals surface area contributed by atoms with Crippen molar-refractivity contribution in [2.45, 2.75) is 33.2 Å². The Morgan fingerprint density at radius 2 is 2.08 bits per heavy atom. The molecule has 1 fully saturated rings. The first kappa shape index (κ1) is 10.0. The summed E-state index contributed by atoms with van der Waals surface area (Å²) in [6.45, 7) is 10.3. The monoisotopic (exact) mass is 170 g/mol. The second kappa shape index (κ2) is 4.24. The second-order valence-electron chi connectivity index (χ2n) is 4.53. The summed E-state index contributed by atoms with van der Waals surface area (Å²) in [4.78, 5) is 2.50. The molecule has 2 heteroatoms. The van der Waals surface area contributed by atoms with Crippen molar-refractivity contribution in [3.05, 3.63) is 0 Å². The number of nitrogens with two attached hydrogens (primary N) is 1. The van der Waals surface area contributed by atoms with E-state index in [9.17, 15) is 0 Å². The summed E-state index contributed by atoms with van der Waals surface area (Å²) in [6.07, 6.45) is 1.37. The number of hydrogen-bond acceptors (Lipinski definition) is 2. The van der Waals surface area contributed by atoms with Crippen LogP contribution in [-0.4, -0.2) is 30.6 Å². The summed E-state index contributed by atoms with van der Waals surface area (Å²) in [5.74, 6) is 1.74. The smallest absolute Gasteiger partial charge is 0.0139 e. The Bertz CT molecular complexity index is 132. The van der Waals surface area contributed by atoms with Crippen LogP contribution in [0.2, 0.25) is 0 Å². The second-order valence-corrected chi connectivity index (χ2v) is 4.53. The highest BCUT2D eigenvalue weighted by Gasteiger charge is 2.24. The summed E-state index contributed by atoms with van der Waals surface area (Å²) in [6, 6.07) is 0.330. The van der Waals surface area contributed by atoms with Crippen LogP contribution in [0.4, 0.5) is 0 Å². The van der Waals surface area contributed by atoms with Crippen LogP contribution in [0.25, 0.3) is 0 Å². The molecule has 0 amide bonds. The molecule has 0 saturated carbocycles. The van der Waals surface area contributed by atoms with Crippen LogP contribution < -0.4 is 5.73 Å². The van der Waals surface area contributed by atoms with E-state index in [1.54, 1.807) is 0 Å². The highest BCUT2D eigenvalue weighted by molar-refractivity contribution is 4.78. The average molecular weight is 170 g/mol. The van der Waals surface area contributed by atoms with Crippen molar-refractivity contribution in [1.82, 2.24) is 4.90 Å². The lowest BCUT2D eigenvalue weighted by atomic mass is 9.95. The standard InChI is InChI=1S/C10H22N2/c1-8(2)10-4-5-12(7-10)6-9(3)11/h8-10H,4-7,11H2,1-3H3/t9-,10?/m1/s1. The van der Waals surface area contributed by atoms with Gasteiger partial charge in [-0.1, -0.05) is 13.8 Å². The van der Waals surface area contributed by atoms with Crippen molar-refractivity contribution in [2.24, 2.45) is 17.6 Å². The molecule has 0 aromatic heterocycles. The van der Waals surface area contributed by atoms with E-state index >= 15 is 0 Å². The molecule has 1 unspecified atom stereocenters. The highest BCUT2D eigenvalue weighted by atomic mass is 15.2. The third-order valence-electron chi connectivity index (χ3n) is 2.80. The zero-order valence-electron chi connectivity index (χ0n) is 8.59. The van der Waals surface area contributed by atoms with Crippen molar-refractivity contribution < 1.29 is 0 Å². The minimum atomic E-state index is 0.330. The van der Waals surface area contributed by atoms with Gasteiger partial charge in [0.2, 0.25) is 0 Å². The molecule has 1 heterocycles. The number of likely N-dealkylation sites (tertiary alicyclic amines) is 1. The Labute approximate surface area is 76.1 Å². The zero-order valence-corrected chi connectivity index (χ0v) is 8.59. The molecular weight excluding hydrogens is 148 g/mol. The predicted molar refractivity (Wildman–Crippen MR) is 53.0 cm³/mol. The Balaban J connectivity index is 2.26. The lowest BCUT2D eigenvalue weighted by Crippen LogP contribution is -2.34. The van der Waals surface area contributed by atoms with Crippen LogP contribution >= 0.6 is 0 Å². The molecule has 72 valence electrons. The molecule has 2 N–H and O–H groups in total. The van der Waals surface area contributed by atoms with Gasteiger partial charge in [0.15, 0.2) is 0 Å². The number of nitrogens with zero attached hydrogens (tertiary/aromatic N) is 1. The first-order chi connectivity index (χ1) is 5.59. The van der Waals surface area contributed by atoms with Gasteiger partial charge in [0.1, 0.15) is 0 Å². The summed E-state index contributed by atoms with van der Waals surface area (Å²) in [5, 5.41) is 0. The SMILES string of the molecule is CC(C)C1CCN(C[C@@H](C)N)C1. The van der Waals surface area contributed by atoms with Crippen molar-refractivity contribution in [3.8, 4) is 0 Å². The molecule has 0 spiro atoms. The molecule has 2 atom stereocenters. The molecule has 12 heavy (non-hydrogen) atoms. The highest BCUT2D eigenvalue weighted by Crippen LogP contribution is 2.23. The molecule has 1 saturated heterocycles. The predicted octanol–water partition coefficient (Wildman–Crippen LogP) is 1.31. The normalized spacial score (nSPS) is 28.2. The van der Waals surface area contributed by atoms with Crippen molar-refractivity contribution in [1.29, 1.82) is 0 Å². The van der Waals surface area contributed by atoms with Gasteiger partial charge in [-0.05, 0) is 31.7 Å². The largest absolute Gasteiger partial charge is 0.327 e. The fraction of sp³-hybridized carbons (Fsp3) is 1.00. The maximum absolute atomic E-state index is 5.75. The molecule has 1 rings (SSSR count). The minimum Gasteiger partial charge on any atom is -0.327 e. The summed E-state index contributed by atoms with van der Waals surface area (Å²) in [5.41, 5.74) is 5.75. The van der Waals surface area contributed by atoms with E-state index in [4.69, 9.17) is 5.73 Å². The van der Waals surface area contributed by atoms with Gasteiger partial charge in [-0.3, -0.25) is 0 Å². The van der Waals surface area contributed by atoms with Gasteiger partial charge in [0.05, 0.1) is 0 Å². The molecule has 1 aliphatic heterocycles. The molecule has 0 aromatic carbocycles. The van der Waals surface area contributed by atoms with E-state index in [2.05, 4.69) is 25.7 Å². The fourth-order valence-corrected chi connectivity index (χ4v) is 1.98. The first-order valence-electron chi connectivity index (χ1n) is 5.07. The van der Waals surface area contributed by atoms with Gasteiger partial charge >= 0.3 is 0 Å². The van der Waals surface area contributed by atoms with Gasteiger partial charge in [0.25, 0.3) is 0 Å². The maximum Gasteiger partial charge on any atom is 0.0139 e. The first-order valence-corrected chi connectivity index (χ1v) is 5.07. The van der Waals surface area contributed by atoms with E-state index in [-0.39, 0.29) is 0 Å². The minimum absolute atomic E-state index is 0.330. The van der Waals surface area contributed by atoms with E-state index in [1.165, 1.54) is 19.5 Å². The molecule has 0 aromatic rings. The molecule has 0 bridgehead atoms.